The van der Waals surface area contributed by atoms with Crippen molar-refractivity contribution >= 4 is 21.8 Å². The summed E-state index contributed by atoms with van der Waals surface area (Å²) in [6, 6.07) is 7.89. The number of hydrogen-bond acceptors (Lipinski definition) is 4. The number of rotatable bonds is 5. The highest BCUT2D eigenvalue weighted by Crippen LogP contribution is 2.29. The van der Waals surface area contributed by atoms with E-state index in [9.17, 15) is 18.0 Å². The first-order valence-electron chi connectivity index (χ1n) is 11.6. The van der Waals surface area contributed by atoms with Crippen LogP contribution in [0.5, 0.6) is 0 Å². The number of benzene rings is 1. The molecule has 3 aliphatic rings. The predicted octanol–water partition coefficient (Wildman–Crippen LogP) is 2.53. The highest BCUT2D eigenvalue weighted by molar-refractivity contribution is 7.89. The van der Waals surface area contributed by atoms with Crippen LogP contribution in [0.25, 0.3) is 0 Å². The van der Waals surface area contributed by atoms with Crippen molar-refractivity contribution in [3.05, 3.63) is 30.3 Å². The third-order valence-corrected chi connectivity index (χ3v) is 8.82. The molecule has 0 aromatic heterocycles. The molecule has 0 spiro atoms. The maximum absolute atomic E-state index is 13.3. The lowest BCUT2D eigenvalue weighted by Gasteiger charge is -2.36. The summed E-state index contributed by atoms with van der Waals surface area (Å²) in [5.41, 5.74) is 0. The van der Waals surface area contributed by atoms with Crippen LogP contribution in [0.3, 0.4) is 0 Å². The summed E-state index contributed by atoms with van der Waals surface area (Å²) in [6.45, 7) is 1.32. The number of carbonyl (C=O) groups excluding carboxylic acids is 2. The van der Waals surface area contributed by atoms with Gasteiger partial charge in [0.15, 0.2) is 0 Å². The van der Waals surface area contributed by atoms with Crippen molar-refractivity contribution < 1.29 is 18.0 Å². The van der Waals surface area contributed by atoms with E-state index in [1.54, 1.807) is 35.2 Å². The van der Waals surface area contributed by atoms with Gasteiger partial charge in [-0.05, 0) is 50.7 Å². The van der Waals surface area contributed by atoms with Gasteiger partial charge in [-0.3, -0.25) is 9.59 Å². The van der Waals surface area contributed by atoms with E-state index in [1.165, 1.54) is 10.7 Å². The zero-order chi connectivity index (χ0) is 21.8. The van der Waals surface area contributed by atoms with Crippen LogP contribution in [0, 0.1) is 5.92 Å². The average Bonchev–Trinajstić information content (AvgIpc) is 3.31. The molecule has 1 aromatic carbocycles. The molecule has 1 aliphatic carbocycles. The van der Waals surface area contributed by atoms with E-state index in [2.05, 4.69) is 5.32 Å². The van der Waals surface area contributed by atoms with E-state index in [1.807, 2.05) is 0 Å². The second kappa shape index (κ2) is 9.69. The van der Waals surface area contributed by atoms with Crippen LogP contribution in [-0.2, 0) is 19.6 Å². The molecule has 2 amide bonds. The fourth-order valence-corrected chi connectivity index (χ4v) is 6.84. The molecule has 3 fully saturated rings. The van der Waals surface area contributed by atoms with Crippen LogP contribution in [0.4, 0.5) is 0 Å². The molecule has 0 bridgehead atoms. The Kier molecular flexibility index (Phi) is 6.96. The minimum absolute atomic E-state index is 0.0459. The van der Waals surface area contributed by atoms with Crippen molar-refractivity contribution in [2.75, 3.05) is 19.6 Å². The molecule has 170 valence electrons. The third-order valence-electron chi connectivity index (χ3n) is 6.89. The van der Waals surface area contributed by atoms with Gasteiger partial charge in [-0.1, -0.05) is 37.5 Å². The summed E-state index contributed by atoms with van der Waals surface area (Å²) in [5, 5.41) is 3.19. The van der Waals surface area contributed by atoms with Crippen LogP contribution in [0.1, 0.15) is 57.8 Å². The molecule has 2 unspecified atom stereocenters. The molecule has 2 heterocycles. The molecule has 8 heteroatoms. The summed E-state index contributed by atoms with van der Waals surface area (Å²) < 4.78 is 27.6. The van der Waals surface area contributed by atoms with Gasteiger partial charge in [0.05, 0.1) is 10.8 Å². The largest absolute Gasteiger partial charge is 0.353 e. The quantitative estimate of drug-likeness (QED) is 0.751. The van der Waals surface area contributed by atoms with Crippen LogP contribution >= 0.6 is 0 Å². The second-order valence-corrected chi connectivity index (χ2v) is 10.9. The molecule has 2 saturated heterocycles. The molecule has 1 saturated carbocycles. The molecule has 1 aromatic rings. The molecule has 7 nitrogen and oxygen atoms in total. The predicted molar refractivity (Wildman–Crippen MR) is 118 cm³/mol. The normalized spacial score (nSPS) is 26.0. The maximum atomic E-state index is 13.3. The van der Waals surface area contributed by atoms with Gasteiger partial charge in [-0.15, -0.1) is 0 Å². The van der Waals surface area contributed by atoms with Crippen molar-refractivity contribution in [1.82, 2.24) is 14.5 Å². The Balaban J connectivity index is 1.41. The highest BCUT2D eigenvalue weighted by Gasteiger charge is 2.42. The Hall–Kier alpha value is -1.93. The fraction of sp³-hybridized carbons (Fsp3) is 0.652. The Morgan fingerprint density at radius 1 is 0.871 bits per heavy atom. The van der Waals surface area contributed by atoms with E-state index < -0.39 is 16.1 Å². The zero-order valence-electron chi connectivity index (χ0n) is 18.0. The summed E-state index contributed by atoms with van der Waals surface area (Å²) in [4.78, 5) is 28.1. The van der Waals surface area contributed by atoms with Crippen molar-refractivity contribution in [1.29, 1.82) is 0 Å². The first kappa shape index (κ1) is 22.3. The van der Waals surface area contributed by atoms with Crippen LogP contribution < -0.4 is 5.32 Å². The molecular weight excluding hydrogens is 414 g/mol. The topological polar surface area (TPSA) is 86.8 Å². The maximum Gasteiger partial charge on any atom is 0.243 e. The Morgan fingerprint density at radius 2 is 1.58 bits per heavy atom. The van der Waals surface area contributed by atoms with Crippen molar-refractivity contribution in [3.8, 4) is 0 Å². The zero-order valence-corrected chi connectivity index (χ0v) is 18.9. The standard InChI is InChI=1S/C23H33N3O4S/c27-22(24-19-10-3-1-4-11-19)18-9-7-15-25(17-18)23(28)21-14-8-16-26(21)31(29,30)20-12-5-2-6-13-20/h2,5-6,12-13,18-19,21H,1,3-4,7-11,14-17H2,(H,24,27). The van der Waals surface area contributed by atoms with Gasteiger partial charge in [0.25, 0.3) is 0 Å². The van der Waals surface area contributed by atoms with E-state index >= 15 is 0 Å². The summed E-state index contributed by atoms with van der Waals surface area (Å²) in [6.07, 6.45) is 8.38. The lowest BCUT2D eigenvalue weighted by atomic mass is 9.92. The van der Waals surface area contributed by atoms with Gasteiger partial charge in [-0.2, -0.15) is 4.31 Å². The summed E-state index contributed by atoms with van der Waals surface area (Å²) in [5.74, 6) is -0.322. The van der Waals surface area contributed by atoms with Gasteiger partial charge in [0.2, 0.25) is 21.8 Å². The number of hydrogen-bond donors (Lipinski definition) is 1. The van der Waals surface area contributed by atoms with Crippen molar-refractivity contribution in [3.63, 3.8) is 0 Å². The van der Waals surface area contributed by atoms with E-state index in [-0.39, 0.29) is 28.7 Å². The van der Waals surface area contributed by atoms with Crippen molar-refractivity contribution in [2.24, 2.45) is 5.92 Å². The first-order chi connectivity index (χ1) is 15.0. The lowest BCUT2D eigenvalue weighted by Crippen LogP contribution is -2.53. The minimum Gasteiger partial charge on any atom is -0.353 e. The highest BCUT2D eigenvalue weighted by atomic mass is 32.2. The van der Waals surface area contributed by atoms with E-state index in [4.69, 9.17) is 0 Å². The fourth-order valence-electron chi connectivity index (χ4n) is 5.17. The van der Waals surface area contributed by atoms with E-state index in [0.29, 0.717) is 32.5 Å². The lowest BCUT2D eigenvalue weighted by molar-refractivity contribution is -0.138. The van der Waals surface area contributed by atoms with Crippen LogP contribution in [0.15, 0.2) is 35.2 Å². The number of piperidine rings is 1. The number of likely N-dealkylation sites (tertiary alicyclic amines) is 1. The first-order valence-corrected chi connectivity index (χ1v) is 13.1. The summed E-state index contributed by atoms with van der Waals surface area (Å²) >= 11 is 0. The minimum atomic E-state index is -3.71. The van der Waals surface area contributed by atoms with Gasteiger partial charge < -0.3 is 10.2 Å². The Morgan fingerprint density at radius 3 is 2.32 bits per heavy atom. The van der Waals surface area contributed by atoms with Crippen molar-refractivity contribution in [2.45, 2.75) is 74.8 Å². The molecule has 1 N–H and O–H groups in total. The molecule has 2 atom stereocenters. The third kappa shape index (κ3) is 4.95. The number of nitrogens with one attached hydrogen (secondary N) is 1. The molecule has 2 aliphatic heterocycles. The Labute approximate surface area is 185 Å². The second-order valence-electron chi connectivity index (χ2n) is 9.05. The van der Waals surface area contributed by atoms with Gasteiger partial charge >= 0.3 is 0 Å². The molecule has 0 radical (unpaired) electrons. The Bertz CT molecular complexity index is 883. The van der Waals surface area contributed by atoms with Gasteiger partial charge in [-0.25, -0.2) is 8.42 Å². The SMILES string of the molecule is O=C(NC1CCCCC1)C1CCCN(C(=O)C2CCCN2S(=O)(=O)c2ccccc2)C1. The summed E-state index contributed by atoms with van der Waals surface area (Å²) in [7, 11) is -3.71. The number of nitrogens with zero attached hydrogens (tertiary/aromatic N) is 2. The molecule has 31 heavy (non-hydrogen) atoms. The van der Waals surface area contributed by atoms with Crippen LogP contribution in [-0.4, -0.2) is 61.2 Å². The van der Waals surface area contributed by atoms with E-state index in [0.717, 1.165) is 38.5 Å². The average molecular weight is 448 g/mol. The number of amides is 2. The smallest absolute Gasteiger partial charge is 0.243 e. The van der Waals surface area contributed by atoms with Gasteiger partial charge in [0.1, 0.15) is 6.04 Å². The molecule has 4 rings (SSSR count). The van der Waals surface area contributed by atoms with Crippen LogP contribution in [0.2, 0.25) is 0 Å². The van der Waals surface area contributed by atoms with Gasteiger partial charge in [0, 0.05) is 25.7 Å². The molecular formula is C23H33N3O4S. The monoisotopic (exact) mass is 447 g/mol. The number of carbonyl (C=O) groups is 2. The number of sulfonamides is 1.